The Labute approximate surface area is 90.0 Å². The number of thiophene rings is 1. The average molecular weight is 263 g/mol. The SMILES string of the molecule is COCCCC(=O)c1sccc1Br. The number of carbonyl (C=O) groups is 1. The van der Waals surface area contributed by atoms with Gasteiger partial charge in [0, 0.05) is 24.6 Å². The van der Waals surface area contributed by atoms with E-state index < -0.39 is 0 Å². The third-order valence-electron chi connectivity index (χ3n) is 1.62. The lowest BCUT2D eigenvalue weighted by molar-refractivity contribution is 0.0966. The number of Topliss-reactive ketones (excluding diaryl/α,β-unsaturated/α-hetero) is 1. The maximum Gasteiger partial charge on any atom is 0.174 e. The number of ketones is 1. The van der Waals surface area contributed by atoms with Crippen molar-refractivity contribution in [3.05, 3.63) is 20.8 Å². The Morgan fingerprint density at radius 1 is 1.69 bits per heavy atom. The highest BCUT2D eigenvalue weighted by molar-refractivity contribution is 9.10. The van der Waals surface area contributed by atoms with Crippen molar-refractivity contribution in [2.45, 2.75) is 12.8 Å². The molecule has 1 rings (SSSR count). The lowest BCUT2D eigenvalue weighted by atomic mass is 10.2. The van der Waals surface area contributed by atoms with E-state index in [1.807, 2.05) is 11.4 Å². The second kappa shape index (κ2) is 5.52. The van der Waals surface area contributed by atoms with Crippen LogP contribution in [0, 0.1) is 0 Å². The van der Waals surface area contributed by atoms with E-state index in [0.29, 0.717) is 13.0 Å². The molecule has 0 amide bonds. The standard InChI is InChI=1S/C9H11BrO2S/c1-12-5-2-3-8(11)9-7(10)4-6-13-9/h4,6H,2-3,5H2,1H3. The van der Waals surface area contributed by atoms with Crippen molar-refractivity contribution < 1.29 is 9.53 Å². The number of carbonyl (C=O) groups excluding carboxylic acids is 1. The summed E-state index contributed by atoms with van der Waals surface area (Å²) in [6, 6.07) is 1.90. The molecule has 0 saturated carbocycles. The molecule has 1 aromatic heterocycles. The van der Waals surface area contributed by atoms with E-state index in [4.69, 9.17) is 4.74 Å². The van der Waals surface area contributed by atoms with Crippen molar-refractivity contribution in [3.8, 4) is 0 Å². The van der Waals surface area contributed by atoms with Crippen LogP contribution in [0.15, 0.2) is 15.9 Å². The predicted octanol–water partition coefficient (Wildman–Crippen LogP) is 3.12. The lowest BCUT2D eigenvalue weighted by Gasteiger charge is -1.98. The highest BCUT2D eigenvalue weighted by atomic mass is 79.9. The highest BCUT2D eigenvalue weighted by Crippen LogP contribution is 2.24. The second-order valence-electron chi connectivity index (χ2n) is 2.62. The number of hydrogen-bond acceptors (Lipinski definition) is 3. The predicted molar refractivity (Wildman–Crippen MR) is 57.5 cm³/mol. The molecular weight excluding hydrogens is 252 g/mol. The fourth-order valence-electron chi connectivity index (χ4n) is 0.983. The third-order valence-corrected chi connectivity index (χ3v) is 3.50. The molecule has 0 saturated heterocycles. The van der Waals surface area contributed by atoms with Gasteiger partial charge in [-0.3, -0.25) is 4.79 Å². The summed E-state index contributed by atoms with van der Waals surface area (Å²) in [5, 5.41) is 1.91. The molecule has 0 aliphatic heterocycles. The van der Waals surface area contributed by atoms with Crippen LogP contribution in [-0.4, -0.2) is 19.5 Å². The molecule has 13 heavy (non-hydrogen) atoms. The zero-order valence-electron chi connectivity index (χ0n) is 7.38. The van der Waals surface area contributed by atoms with E-state index in [0.717, 1.165) is 15.8 Å². The Hall–Kier alpha value is -0.190. The topological polar surface area (TPSA) is 26.3 Å². The summed E-state index contributed by atoms with van der Waals surface area (Å²) in [6.07, 6.45) is 1.35. The van der Waals surface area contributed by atoms with Crippen LogP contribution in [0.1, 0.15) is 22.5 Å². The zero-order valence-corrected chi connectivity index (χ0v) is 9.78. The van der Waals surface area contributed by atoms with Crippen molar-refractivity contribution in [2.24, 2.45) is 0 Å². The van der Waals surface area contributed by atoms with Gasteiger partial charge in [0.25, 0.3) is 0 Å². The summed E-state index contributed by atoms with van der Waals surface area (Å²) in [7, 11) is 1.64. The summed E-state index contributed by atoms with van der Waals surface area (Å²) >= 11 is 4.81. The summed E-state index contributed by atoms with van der Waals surface area (Å²) in [5.74, 6) is 0.193. The van der Waals surface area contributed by atoms with Crippen LogP contribution in [0.5, 0.6) is 0 Å². The number of ether oxygens (including phenoxy) is 1. The zero-order chi connectivity index (χ0) is 9.68. The smallest absolute Gasteiger partial charge is 0.174 e. The molecular formula is C9H11BrO2S. The molecule has 4 heteroatoms. The van der Waals surface area contributed by atoms with E-state index in [1.54, 1.807) is 7.11 Å². The quantitative estimate of drug-likeness (QED) is 0.602. The molecule has 0 radical (unpaired) electrons. The Morgan fingerprint density at radius 2 is 2.46 bits per heavy atom. The minimum atomic E-state index is 0.193. The second-order valence-corrected chi connectivity index (χ2v) is 4.39. The van der Waals surface area contributed by atoms with Crippen LogP contribution in [0.3, 0.4) is 0 Å². The first-order valence-corrected chi connectivity index (χ1v) is 5.68. The van der Waals surface area contributed by atoms with Gasteiger partial charge in [-0.2, -0.15) is 0 Å². The number of methoxy groups -OCH3 is 1. The Kier molecular flexibility index (Phi) is 4.62. The van der Waals surface area contributed by atoms with Crippen molar-refractivity contribution in [1.82, 2.24) is 0 Å². The number of hydrogen-bond donors (Lipinski definition) is 0. The van der Waals surface area contributed by atoms with Gasteiger partial charge >= 0.3 is 0 Å². The van der Waals surface area contributed by atoms with Gasteiger partial charge in [0.2, 0.25) is 0 Å². The fourth-order valence-corrected chi connectivity index (χ4v) is 2.55. The Balaban J connectivity index is 2.45. The summed E-state index contributed by atoms with van der Waals surface area (Å²) in [6.45, 7) is 0.648. The van der Waals surface area contributed by atoms with Gasteiger partial charge in [-0.1, -0.05) is 0 Å². The van der Waals surface area contributed by atoms with Crippen LogP contribution < -0.4 is 0 Å². The third kappa shape index (κ3) is 3.21. The molecule has 0 fully saturated rings. The first-order valence-electron chi connectivity index (χ1n) is 4.01. The minimum absolute atomic E-state index is 0.193. The minimum Gasteiger partial charge on any atom is -0.385 e. The van der Waals surface area contributed by atoms with Crippen molar-refractivity contribution >= 4 is 33.0 Å². The van der Waals surface area contributed by atoms with Crippen molar-refractivity contribution in [1.29, 1.82) is 0 Å². The van der Waals surface area contributed by atoms with E-state index in [9.17, 15) is 4.79 Å². The van der Waals surface area contributed by atoms with Crippen LogP contribution in [0.2, 0.25) is 0 Å². The summed E-state index contributed by atoms with van der Waals surface area (Å²) in [4.78, 5) is 12.3. The molecule has 1 aromatic rings. The molecule has 0 unspecified atom stereocenters. The normalized spacial score (nSPS) is 10.3. The molecule has 0 aromatic carbocycles. The molecule has 0 N–H and O–H groups in total. The molecule has 1 heterocycles. The summed E-state index contributed by atoms with van der Waals surface area (Å²) < 4.78 is 5.78. The first kappa shape index (κ1) is 10.9. The lowest BCUT2D eigenvalue weighted by Crippen LogP contribution is -1.99. The van der Waals surface area contributed by atoms with E-state index in [1.165, 1.54) is 11.3 Å². The first-order chi connectivity index (χ1) is 6.25. The van der Waals surface area contributed by atoms with E-state index in [2.05, 4.69) is 15.9 Å². The van der Waals surface area contributed by atoms with Crippen LogP contribution in [0.25, 0.3) is 0 Å². The highest BCUT2D eigenvalue weighted by Gasteiger charge is 2.10. The summed E-state index contributed by atoms with van der Waals surface area (Å²) in [5.41, 5.74) is 0. The monoisotopic (exact) mass is 262 g/mol. The van der Waals surface area contributed by atoms with Crippen LogP contribution in [0.4, 0.5) is 0 Å². The fraction of sp³-hybridized carbons (Fsp3) is 0.444. The Bertz CT molecular complexity index is 283. The number of rotatable bonds is 5. The maximum absolute atomic E-state index is 11.5. The van der Waals surface area contributed by atoms with Gasteiger partial charge in [0.1, 0.15) is 0 Å². The molecule has 0 aliphatic rings. The molecule has 0 spiro atoms. The van der Waals surface area contributed by atoms with Crippen molar-refractivity contribution in [3.63, 3.8) is 0 Å². The van der Waals surface area contributed by atoms with Crippen LogP contribution >= 0.6 is 27.3 Å². The average Bonchev–Trinajstić information content (AvgIpc) is 2.52. The molecule has 72 valence electrons. The van der Waals surface area contributed by atoms with Crippen molar-refractivity contribution in [2.75, 3.05) is 13.7 Å². The molecule has 2 nitrogen and oxygen atoms in total. The molecule has 0 atom stereocenters. The largest absolute Gasteiger partial charge is 0.385 e. The Morgan fingerprint density at radius 3 is 3.00 bits per heavy atom. The van der Waals surface area contributed by atoms with Gasteiger partial charge < -0.3 is 4.74 Å². The number of halogens is 1. The maximum atomic E-state index is 11.5. The van der Waals surface area contributed by atoms with Gasteiger partial charge in [-0.25, -0.2) is 0 Å². The van der Waals surface area contributed by atoms with E-state index in [-0.39, 0.29) is 5.78 Å². The van der Waals surface area contributed by atoms with Gasteiger partial charge in [0.15, 0.2) is 5.78 Å². The van der Waals surface area contributed by atoms with Gasteiger partial charge in [-0.05, 0) is 33.8 Å². The van der Waals surface area contributed by atoms with Crippen LogP contribution in [-0.2, 0) is 4.74 Å². The molecule has 0 aliphatic carbocycles. The van der Waals surface area contributed by atoms with Gasteiger partial charge in [0.05, 0.1) is 4.88 Å². The van der Waals surface area contributed by atoms with E-state index >= 15 is 0 Å². The van der Waals surface area contributed by atoms with Gasteiger partial charge in [-0.15, -0.1) is 11.3 Å². The molecule has 0 bridgehead atoms.